The van der Waals surface area contributed by atoms with Crippen molar-refractivity contribution in [2.24, 2.45) is 0 Å². The minimum Gasteiger partial charge on any atom is -0.497 e. The summed E-state index contributed by atoms with van der Waals surface area (Å²) >= 11 is 0. The summed E-state index contributed by atoms with van der Waals surface area (Å²) in [6.07, 6.45) is 5.26. The zero-order valence-corrected chi connectivity index (χ0v) is 28.8. The lowest BCUT2D eigenvalue weighted by Crippen LogP contribution is -2.62. The minimum atomic E-state index is -4.05. The molecule has 4 atom stereocenters. The average Bonchev–Trinajstić information content (AvgIpc) is 3.50. The second-order valence-electron chi connectivity index (χ2n) is 14.2. The summed E-state index contributed by atoms with van der Waals surface area (Å²) in [5, 5.41) is 25.8. The van der Waals surface area contributed by atoms with Crippen LogP contribution in [0.15, 0.2) is 36.4 Å². The molecule has 2 aromatic carbocycles. The molecule has 1 aromatic heterocycles. The number of ether oxygens (including phenoxy) is 1. The monoisotopic (exact) mass is 679 g/mol. The van der Waals surface area contributed by atoms with Crippen LogP contribution in [0.2, 0.25) is 0 Å². The molecule has 258 valence electrons. The molecule has 13 heteroatoms. The van der Waals surface area contributed by atoms with Crippen LogP contribution in [0, 0.1) is 0 Å². The van der Waals surface area contributed by atoms with Gasteiger partial charge in [0.2, 0.25) is 0 Å². The molecule has 3 fully saturated rings. The number of nitrogens with one attached hydrogen (secondary N) is 1. The van der Waals surface area contributed by atoms with Gasteiger partial charge in [-0.1, -0.05) is 25.3 Å². The highest BCUT2D eigenvalue weighted by Crippen LogP contribution is 2.50. The summed E-state index contributed by atoms with van der Waals surface area (Å²) in [6, 6.07) is 10.4. The van der Waals surface area contributed by atoms with E-state index in [9.17, 15) is 28.2 Å². The highest BCUT2D eigenvalue weighted by molar-refractivity contribution is 7.87. The quantitative estimate of drug-likeness (QED) is 0.361. The Bertz CT molecular complexity index is 1870. The van der Waals surface area contributed by atoms with Crippen LogP contribution in [-0.4, -0.2) is 108 Å². The standard InChI is InChI=1S/C35H45N5O7S/c1-37(2)48(45,46)36-33(42)22-10-14-27-29(16-22)39-20-35(44,34(43)40-23-11-12-24(40)19-38(3)18-23)32(41)28-17-25(47-4)13-15-26(28)31(39)30(27)21-8-6-5-7-9-21/h10,13-17,21,23-24,32,41,44H,5-9,11-12,18-20H2,1-4H3,(H,36,42)/t23?,24?,32-,35+/m0/s1. The number of rotatable bonds is 6. The van der Waals surface area contributed by atoms with E-state index in [1.807, 2.05) is 29.8 Å². The number of likely N-dealkylation sites (N-methyl/N-ethyl adjacent to an activating group) is 1. The molecule has 4 heterocycles. The summed E-state index contributed by atoms with van der Waals surface area (Å²) in [5.41, 5.74) is 1.39. The first kappa shape index (κ1) is 33.0. The molecule has 2 saturated heterocycles. The van der Waals surface area contributed by atoms with Gasteiger partial charge in [0.25, 0.3) is 11.8 Å². The number of nitrogens with zero attached hydrogens (tertiary/aromatic N) is 4. The van der Waals surface area contributed by atoms with Crippen molar-refractivity contribution in [2.75, 3.05) is 41.3 Å². The van der Waals surface area contributed by atoms with Crippen molar-refractivity contribution in [1.29, 1.82) is 0 Å². The minimum absolute atomic E-state index is 0.0712. The van der Waals surface area contributed by atoms with Crippen molar-refractivity contribution in [2.45, 2.75) is 81.2 Å². The first-order chi connectivity index (χ1) is 22.8. The highest BCUT2D eigenvalue weighted by Gasteiger charge is 2.55. The lowest BCUT2D eigenvalue weighted by molar-refractivity contribution is -0.173. The van der Waals surface area contributed by atoms with Crippen LogP contribution in [0.4, 0.5) is 0 Å². The molecule has 7 rings (SSSR count). The zero-order valence-electron chi connectivity index (χ0n) is 28.0. The maximum atomic E-state index is 14.7. The number of hydrogen-bond donors (Lipinski definition) is 3. The summed E-state index contributed by atoms with van der Waals surface area (Å²) in [4.78, 5) is 32.1. The molecule has 2 unspecified atom stereocenters. The molecule has 1 saturated carbocycles. The number of carbonyl (C=O) groups excluding carboxylic acids is 2. The number of carbonyl (C=O) groups is 2. The Morgan fingerprint density at radius 3 is 2.33 bits per heavy atom. The number of aliphatic hydroxyl groups excluding tert-OH is 1. The van der Waals surface area contributed by atoms with E-state index in [0.29, 0.717) is 35.5 Å². The first-order valence-electron chi connectivity index (χ1n) is 16.8. The second kappa shape index (κ2) is 12.1. The number of aromatic nitrogens is 1. The number of amides is 2. The lowest BCUT2D eigenvalue weighted by atomic mass is 9.80. The van der Waals surface area contributed by atoms with Gasteiger partial charge < -0.3 is 29.3 Å². The Hall–Kier alpha value is -3.49. The Morgan fingerprint density at radius 1 is 1.00 bits per heavy atom. The number of likely N-dealkylation sites (tertiary alicyclic amines) is 1. The van der Waals surface area contributed by atoms with Gasteiger partial charge in [-0.25, -0.2) is 4.72 Å². The molecule has 0 spiro atoms. The van der Waals surface area contributed by atoms with Crippen LogP contribution in [0.1, 0.15) is 78.5 Å². The number of methoxy groups -OCH3 is 1. The molecule has 3 aromatic rings. The van der Waals surface area contributed by atoms with Gasteiger partial charge in [0, 0.05) is 61.3 Å². The molecule has 12 nitrogen and oxygen atoms in total. The number of piperazine rings is 1. The first-order valence-corrected chi connectivity index (χ1v) is 18.3. The lowest BCUT2D eigenvalue weighted by Gasteiger charge is -2.44. The molecule has 3 aliphatic heterocycles. The van der Waals surface area contributed by atoms with E-state index in [-0.39, 0.29) is 30.1 Å². The topological polar surface area (TPSA) is 145 Å². The van der Waals surface area contributed by atoms with E-state index in [0.717, 1.165) is 65.9 Å². The predicted molar refractivity (Wildman–Crippen MR) is 181 cm³/mol. The van der Waals surface area contributed by atoms with Crippen molar-refractivity contribution < 1.29 is 33.0 Å². The SMILES string of the molecule is COc1ccc2c(c1)[C@H](O)[C@@](O)(C(=O)N1C3CCC1CN(C)C3)Cn1c-2c(C2CCCCC2)c2ccc(C(=O)NS(=O)(=O)N(C)C)cc21. The highest BCUT2D eigenvalue weighted by atomic mass is 32.2. The van der Waals surface area contributed by atoms with E-state index < -0.39 is 33.7 Å². The molecule has 48 heavy (non-hydrogen) atoms. The summed E-state index contributed by atoms with van der Waals surface area (Å²) in [7, 11) is 2.20. The third-order valence-corrected chi connectivity index (χ3v) is 12.4. The molecule has 3 N–H and O–H groups in total. The van der Waals surface area contributed by atoms with Crippen LogP contribution in [-0.2, 0) is 21.5 Å². The Morgan fingerprint density at radius 2 is 1.69 bits per heavy atom. The van der Waals surface area contributed by atoms with E-state index >= 15 is 0 Å². The summed E-state index contributed by atoms with van der Waals surface area (Å²) in [5.74, 6) is -0.635. The number of fused-ring (bicyclic) bond motifs is 7. The maximum absolute atomic E-state index is 14.7. The third kappa shape index (κ3) is 5.30. The molecule has 2 bridgehead atoms. The summed E-state index contributed by atoms with van der Waals surface area (Å²) in [6.45, 7) is 1.13. The Kier molecular flexibility index (Phi) is 8.35. The fourth-order valence-electron chi connectivity index (χ4n) is 8.59. The van der Waals surface area contributed by atoms with Gasteiger partial charge in [-0.05, 0) is 80.1 Å². The Balaban J connectivity index is 1.45. The van der Waals surface area contributed by atoms with Crippen LogP contribution >= 0.6 is 0 Å². The number of aliphatic hydroxyl groups is 2. The number of hydrogen-bond acceptors (Lipinski definition) is 8. The van der Waals surface area contributed by atoms with E-state index in [1.165, 1.54) is 21.2 Å². The molecular formula is C35H45N5O7S. The van der Waals surface area contributed by atoms with Crippen LogP contribution in [0.5, 0.6) is 5.75 Å². The van der Waals surface area contributed by atoms with Gasteiger partial charge in [-0.15, -0.1) is 0 Å². The fourth-order valence-corrected chi connectivity index (χ4v) is 9.13. The van der Waals surface area contributed by atoms with E-state index in [2.05, 4.69) is 9.62 Å². The van der Waals surface area contributed by atoms with Crippen molar-refractivity contribution in [3.05, 3.63) is 53.1 Å². The van der Waals surface area contributed by atoms with Crippen molar-refractivity contribution in [3.8, 4) is 17.0 Å². The smallest absolute Gasteiger partial charge is 0.303 e. The summed E-state index contributed by atoms with van der Waals surface area (Å²) < 4.78 is 35.6. The fraction of sp³-hybridized carbons (Fsp3) is 0.543. The normalized spacial score (nSPS) is 26.3. The van der Waals surface area contributed by atoms with Gasteiger partial charge in [0.05, 0.1) is 19.3 Å². The van der Waals surface area contributed by atoms with Crippen molar-refractivity contribution in [1.82, 2.24) is 23.4 Å². The van der Waals surface area contributed by atoms with Crippen molar-refractivity contribution in [3.63, 3.8) is 0 Å². The molecular weight excluding hydrogens is 634 g/mol. The van der Waals surface area contributed by atoms with Gasteiger partial charge in [-0.2, -0.15) is 12.7 Å². The van der Waals surface area contributed by atoms with E-state index in [1.54, 1.807) is 23.1 Å². The second-order valence-corrected chi connectivity index (χ2v) is 16.1. The van der Waals surface area contributed by atoms with Crippen molar-refractivity contribution >= 4 is 32.9 Å². The zero-order chi connectivity index (χ0) is 34.1. The van der Waals surface area contributed by atoms with Crippen LogP contribution < -0.4 is 9.46 Å². The van der Waals surface area contributed by atoms with Crippen LogP contribution in [0.3, 0.4) is 0 Å². The molecule has 4 aliphatic rings. The average molecular weight is 680 g/mol. The van der Waals surface area contributed by atoms with Crippen LogP contribution in [0.25, 0.3) is 22.2 Å². The van der Waals surface area contributed by atoms with Gasteiger partial charge in [-0.3, -0.25) is 9.59 Å². The van der Waals surface area contributed by atoms with E-state index in [4.69, 9.17) is 4.74 Å². The Labute approximate surface area is 281 Å². The van der Waals surface area contributed by atoms with Gasteiger partial charge in [0.1, 0.15) is 11.9 Å². The molecule has 1 aliphatic carbocycles. The largest absolute Gasteiger partial charge is 0.497 e. The maximum Gasteiger partial charge on any atom is 0.303 e. The van der Waals surface area contributed by atoms with Gasteiger partial charge >= 0.3 is 10.2 Å². The van der Waals surface area contributed by atoms with Gasteiger partial charge in [0.15, 0.2) is 5.60 Å². The third-order valence-electron chi connectivity index (χ3n) is 11.0. The molecule has 2 amide bonds. The predicted octanol–water partition coefficient (Wildman–Crippen LogP) is 2.98. The number of benzene rings is 2. The molecule has 0 radical (unpaired) electrons.